The van der Waals surface area contributed by atoms with Crippen molar-refractivity contribution in [1.29, 1.82) is 0 Å². The van der Waals surface area contributed by atoms with Crippen molar-refractivity contribution in [3.8, 4) is 0 Å². The largest absolute Gasteiger partial charge is 0.379 e. The Hall–Kier alpha value is -0.970. The standard InChI is InChI=1S/C15H24FNO2/c1-11(19-10-9-15(2,3)18-4)14(17)12-5-7-13(16)8-6-12/h5-8,11,14H,9-10,17H2,1-4H3. The van der Waals surface area contributed by atoms with Crippen LogP contribution in [-0.4, -0.2) is 25.4 Å². The fourth-order valence-electron chi connectivity index (χ4n) is 1.65. The number of hydrogen-bond donors (Lipinski definition) is 1. The van der Waals surface area contributed by atoms with Crippen molar-refractivity contribution in [2.24, 2.45) is 5.73 Å². The molecule has 0 amide bonds. The van der Waals surface area contributed by atoms with E-state index in [0.29, 0.717) is 6.61 Å². The zero-order chi connectivity index (χ0) is 14.5. The molecule has 0 saturated heterocycles. The highest BCUT2D eigenvalue weighted by molar-refractivity contribution is 5.20. The van der Waals surface area contributed by atoms with Crippen LogP contribution in [0.1, 0.15) is 38.8 Å². The molecule has 0 bridgehead atoms. The molecule has 1 aromatic rings. The van der Waals surface area contributed by atoms with Crippen LogP contribution >= 0.6 is 0 Å². The molecule has 0 fully saturated rings. The smallest absolute Gasteiger partial charge is 0.123 e. The Bertz CT molecular complexity index is 378. The summed E-state index contributed by atoms with van der Waals surface area (Å²) in [5.74, 6) is -0.258. The predicted molar refractivity (Wildman–Crippen MR) is 74.4 cm³/mol. The second-order valence-corrected chi connectivity index (χ2v) is 5.37. The van der Waals surface area contributed by atoms with Gasteiger partial charge < -0.3 is 15.2 Å². The molecule has 0 radical (unpaired) electrons. The molecule has 0 aliphatic heterocycles. The van der Waals surface area contributed by atoms with Crippen molar-refractivity contribution in [2.45, 2.75) is 44.9 Å². The van der Waals surface area contributed by atoms with Crippen LogP contribution in [0.4, 0.5) is 4.39 Å². The summed E-state index contributed by atoms with van der Waals surface area (Å²) in [5.41, 5.74) is 6.77. The summed E-state index contributed by atoms with van der Waals surface area (Å²) in [6, 6.07) is 5.95. The van der Waals surface area contributed by atoms with Gasteiger partial charge in [-0.25, -0.2) is 4.39 Å². The van der Waals surface area contributed by atoms with E-state index < -0.39 is 0 Å². The summed E-state index contributed by atoms with van der Waals surface area (Å²) in [6.45, 7) is 6.53. The second-order valence-electron chi connectivity index (χ2n) is 5.37. The number of ether oxygens (including phenoxy) is 2. The van der Waals surface area contributed by atoms with Crippen molar-refractivity contribution in [1.82, 2.24) is 0 Å². The Balaban J connectivity index is 2.45. The van der Waals surface area contributed by atoms with E-state index in [-0.39, 0.29) is 23.6 Å². The molecule has 4 heteroatoms. The van der Waals surface area contributed by atoms with Crippen molar-refractivity contribution >= 4 is 0 Å². The van der Waals surface area contributed by atoms with Crippen LogP contribution in [0.25, 0.3) is 0 Å². The van der Waals surface area contributed by atoms with Crippen LogP contribution in [0.5, 0.6) is 0 Å². The molecule has 2 unspecified atom stereocenters. The van der Waals surface area contributed by atoms with Gasteiger partial charge >= 0.3 is 0 Å². The highest BCUT2D eigenvalue weighted by Crippen LogP contribution is 2.19. The van der Waals surface area contributed by atoms with E-state index in [2.05, 4.69) is 0 Å². The van der Waals surface area contributed by atoms with E-state index in [1.165, 1.54) is 12.1 Å². The molecule has 3 nitrogen and oxygen atoms in total. The number of hydrogen-bond acceptors (Lipinski definition) is 3. The molecule has 0 aliphatic rings. The van der Waals surface area contributed by atoms with Crippen molar-refractivity contribution in [3.05, 3.63) is 35.6 Å². The molecule has 19 heavy (non-hydrogen) atoms. The van der Waals surface area contributed by atoms with Gasteiger partial charge in [-0.3, -0.25) is 0 Å². The molecule has 0 spiro atoms. The van der Waals surface area contributed by atoms with E-state index in [0.717, 1.165) is 12.0 Å². The second kappa shape index (κ2) is 6.98. The predicted octanol–water partition coefficient (Wildman–Crippen LogP) is 3.05. The Morgan fingerprint density at radius 2 is 1.84 bits per heavy atom. The average Bonchev–Trinajstić information content (AvgIpc) is 2.38. The van der Waals surface area contributed by atoms with Crippen molar-refractivity contribution in [2.75, 3.05) is 13.7 Å². The highest BCUT2D eigenvalue weighted by atomic mass is 19.1. The van der Waals surface area contributed by atoms with Crippen LogP contribution in [-0.2, 0) is 9.47 Å². The number of methoxy groups -OCH3 is 1. The minimum absolute atomic E-state index is 0.127. The lowest BCUT2D eigenvalue weighted by Crippen LogP contribution is -2.30. The van der Waals surface area contributed by atoms with Gasteiger partial charge in [-0.1, -0.05) is 12.1 Å². The molecule has 1 rings (SSSR count). The molecule has 0 aromatic heterocycles. The lowest BCUT2D eigenvalue weighted by molar-refractivity contribution is -0.0279. The summed E-state index contributed by atoms with van der Waals surface area (Å²) < 4.78 is 23.9. The van der Waals surface area contributed by atoms with Crippen LogP contribution in [0.2, 0.25) is 0 Å². The topological polar surface area (TPSA) is 44.5 Å². The van der Waals surface area contributed by atoms with Crippen LogP contribution in [0.15, 0.2) is 24.3 Å². The maximum Gasteiger partial charge on any atom is 0.123 e. The molecule has 1 aromatic carbocycles. The summed E-state index contributed by atoms with van der Waals surface area (Å²) in [6.07, 6.45) is 0.669. The fourth-order valence-corrected chi connectivity index (χ4v) is 1.65. The first-order valence-corrected chi connectivity index (χ1v) is 6.53. The molecule has 2 N–H and O–H groups in total. The van der Waals surface area contributed by atoms with E-state index in [1.807, 2.05) is 20.8 Å². The lowest BCUT2D eigenvalue weighted by atomic mass is 10.0. The first-order chi connectivity index (χ1) is 8.85. The average molecular weight is 269 g/mol. The molecule has 0 aliphatic carbocycles. The normalized spacial score (nSPS) is 15.3. The van der Waals surface area contributed by atoms with Gasteiger partial charge in [0.05, 0.1) is 17.7 Å². The zero-order valence-electron chi connectivity index (χ0n) is 12.2. The summed E-state index contributed by atoms with van der Waals surface area (Å²) in [4.78, 5) is 0. The van der Waals surface area contributed by atoms with Gasteiger partial charge in [0, 0.05) is 13.7 Å². The number of rotatable bonds is 7. The van der Waals surface area contributed by atoms with E-state index in [4.69, 9.17) is 15.2 Å². The van der Waals surface area contributed by atoms with Crippen LogP contribution < -0.4 is 5.73 Å². The Labute approximate surface area is 114 Å². The first-order valence-electron chi connectivity index (χ1n) is 6.53. The number of nitrogens with two attached hydrogens (primary N) is 1. The van der Waals surface area contributed by atoms with Crippen molar-refractivity contribution in [3.63, 3.8) is 0 Å². The quantitative estimate of drug-likeness (QED) is 0.827. The van der Waals surface area contributed by atoms with E-state index in [9.17, 15) is 4.39 Å². The minimum atomic E-state index is -0.258. The Morgan fingerprint density at radius 3 is 2.37 bits per heavy atom. The van der Waals surface area contributed by atoms with E-state index in [1.54, 1.807) is 19.2 Å². The fraction of sp³-hybridized carbons (Fsp3) is 0.600. The molecule has 2 atom stereocenters. The molecule has 108 valence electrons. The third kappa shape index (κ3) is 5.27. The van der Waals surface area contributed by atoms with Gasteiger partial charge in [-0.2, -0.15) is 0 Å². The van der Waals surface area contributed by atoms with E-state index >= 15 is 0 Å². The summed E-state index contributed by atoms with van der Waals surface area (Å²) in [5, 5.41) is 0. The Morgan fingerprint density at radius 1 is 1.26 bits per heavy atom. The van der Waals surface area contributed by atoms with Gasteiger partial charge in [0.1, 0.15) is 5.82 Å². The molecule has 0 saturated carbocycles. The maximum absolute atomic E-state index is 12.8. The van der Waals surface area contributed by atoms with Crippen LogP contribution in [0, 0.1) is 5.82 Å². The monoisotopic (exact) mass is 269 g/mol. The maximum atomic E-state index is 12.8. The molecule has 0 heterocycles. The summed E-state index contributed by atoms with van der Waals surface area (Å²) >= 11 is 0. The Kier molecular flexibility index (Phi) is 5.91. The molecular weight excluding hydrogens is 245 g/mol. The van der Waals surface area contributed by atoms with Gasteiger partial charge in [-0.15, -0.1) is 0 Å². The minimum Gasteiger partial charge on any atom is -0.379 e. The van der Waals surface area contributed by atoms with Gasteiger partial charge in [0.15, 0.2) is 0 Å². The third-order valence-corrected chi connectivity index (χ3v) is 3.40. The highest BCUT2D eigenvalue weighted by Gasteiger charge is 2.19. The third-order valence-electron chi connectivity index (χ3n) is 3.40. The van der Waals surface area contributed by atoms with Crippen molar-refractivity contribution < 1.29 is 13.9 Å². The van der Waals surface area contributed by atoms with Crippen LogP contribution in [0.3, 0.4) is 0 Å². The molecular formula is C15H24FNO2. The van der Waals surface area contributed by atoms with Gasteiger partial charge in [0.25, 0.3) is 0 Å². The van der Waals surface area contributed by atoms with Gasteiger partial charge in [0.2, 0.25) is 0 Å². The zero-order valence-corrected chi connectivity index (χ0v) is 12.2. The SMILES string of the molecule is COC(C)(C)CCOC(C)C(N)c1ccc(F)cc1. The number of benzene rings is 1. The number of halogens is 1. The lowest BCUT2D eigenvalue weighted by Gasteiger charge is -2.25. The summed E-state index contributed by atoms with van der Waals surface area (Å²) in [7, 11) is 1.69. The first kappa shape index (κ1) is 16.1. The van der Waals surface area contributed by atoms with Gasteiger partial charge in [-0.05, 0) is 44.9 Å².